The molecular weight excluding hydrogens is 506 g/mol. The SMILES string of the molecule is CCCCCCCCCCCCCCP(I)(CCCCC)(CCCCC)CCCCC. The Morgan fingerprint density at radius 3 is 0.806 bits per heavy atom. The van der Waals surface area contributed by atoms with Gasteiger partial charge in [0.2, 0.25) is 0 Å². The van der Waals surface area contributed by atoms with Gasteiger partial charge in [-0.3, -0.25) is 0 Å². The summed E-state index contributed by atoms with van der Waals surface area (Å²) in [5.41, 5.74) is 0. The molecule has 0 atom stereocenters. The van der Waals surface area contributed by atoms with Gasteiger partial charge in [-0.05, 0) is 0 Å². The van der Waals surface area contributed by atoms with E-state index in [1.54, 1.807) is 24.6 Å². The van der Waals surface area contributed by atoms with Crippen LogP contribution in [-0.4, -0.2) is 24.6 Å². The average molecular weight is 569 g/mol. The molecule has 0 heterocycles. The van der Waals surface area contributed by atoms with Crippen molar-refractivity contribution < 1.29 is 0 Å². The molecule has 2 heteroatoms. The van der Waals surface area contributed by atoms with E-state index in [4.69, 9.17) is 0 Å². The first-order valence-electron chi connectivity index (χ1n) is 14.8. The van der Waals surface area contributed by atoms with E-state index < -0.39 is 4.25 Å². The van der Waals surface area contributed by atoms with E-state index >= 15 is 0 Å². The van der Waals surface area contributed by atoms with Crippen LogP contribution in [0.3, 0.4) is 0 Å². The summed E-state index contributed by atoms with van der Waals surface area (Å²) in [6.07, 6.45) is 37.2. The summed E-state index contributed by atoms with van der Waals surface area (Å²) in [6, 6.07) is 0. The van der Waals surface area contributed by atoms with Crippen LogP contribution in [0.2, 0.25) is 0 Å². The van der Waals surface area contributed by atoms with Crippen molar-refractivity contribution in [3.05, 3.63) is 0 Å². The van der Waals surface area contributed by atoms with Crippen LogP contribution in [-0.2, 0) is 0 Å². The van der Waals surface area contributed by atoms with Crippen molar-refractivity contribution in [2.24, 2.45) is 0 Å². The van der Waals surface area contributed by atoms with E-state index in [1.807, 2.05) is 0 Å². The molecule has 0 unspecified atom stereocenters. The molecule has 0 amide bonds. The summed E-state index contributed by atoms with van der Waals surface area (Å²) < 4.78 is -1.53. The van der Waals surface area contributed by atoms with Crippen molar-refractivity contribution in [3.8, 4) is 0 Å². The molecule has 0 aliphatic rings. The summed E-state index contributed by atoms with van der Waals surface area (Å²) in [7, 11) is 0. The van der Waals surface area contributed by atoms with Crippen LogP contribution < -0.4 is 0 Å². The van der Waals surface area contributed by atoms with E-state index in [1.165, 1.54) is 135 Å². The second kappa shape index (κ2) is 21.7. The number of unbranched alkanes of at least 4 members (excludes halogenated alkanes) is 17. The third-order valence-electron chi connectivity index (χ3n) is 7.53. The maximum absolute atomic E-state index is 3.15. The van der Waals surface area contributed by atoms with Gasteiger partial charge in [-0.2, -0.15) is 0 Å². The van der Waals surface area contributed by atoms with E-state index in [0.717, 1.165) is 0 Å². The van der Waals surface area contributed by atoms with Gasteiger partial charge in [0, 0.05) is 0 Å². The Morgan fingerprint density at radius 1 is 0.323 bits per heavy atom. The third-order valence-corrected chi connectivity index (χ3v) is 19.1. The van der Waals surface area contributed by atoms with Crippen molar-refractivity contribution in [2.45, 2.75) is 163 Å². The zero-order valence-electron chi connectivity index (χ0n) is 22.5. The molecule has 0 aromatic heterocycles. The molecule has 0 rings (SSSR count). The Morgan fingerprint density at radius 2 is 0.516 bits per heavy atom. The topological polar surface area (TPSA) is 0 Å². The van der Waals surface area contributed by atoms with Gasteiger partial charge in [-0.1, -0.05) is 13.3 Å². The first-order chi connectivity index (χ1) is 15.0. The number of hydrogen-bond donors (Lipinski definition) is 0. The molecule has 0 fully saturated rings. The molecule has 0 aliphatic heterocycles. The van der Waals surface area contributed by atoms with Gasteiger partial charge in [0.15, 0.2) is 0 Å². The molecule has 0 nitrogen and oxygen atoms in total. The standard InChI is InChI=1S/C29H62IP/c1-5-9-13-14-15-16-17-18-19-20-21-25-29-31(30,26-22-10-6-2,27-23-11-7-3)28-24-12-8-4/h5-29H2,1-4H3. The van der Waals surface area contributed by atoms with Crippen molar-refractivity contribution in [2.75, 3.05) is 24.6 Å². The monoisotopic (exact) mass is 568 g/mol. The molecule has 31 heavy (non-hydrogen) atoms. The Hall–Kier alpha value is 1.16. The second-order valence-electron chi connectivity index (χ2n) is 10.7. The van der Waals surface area contributed by atoms with Crippen molar-refractivity contribution >= 4 is 26.3 Å². The second-order valence-corrected chi connectivity index (χ2v) is 24.3. The molecule has 0 aromatic rings. The van der Waals surface area contributed by atoms with Gasteiger partial charge in [-0.15, -0.1) is 0 Å². The van der Waals surface area contributed by atoms with Gasteiger partial charge in [-0.25, -0.2) is 0 Å². The minimum absolute atomic E-state index is 1.37. The summed E-state index contributed by atoms with van der Waals surface area (Å²) in [4.78, 5) is 0. The zero-order valence-corrected chi connectivity index (χ0v) is 25.6. The van der Waals surface area contributed by atoms with E-state index in [0.29, 0.717) is 0 Å². The van der Waals surface area contributed by atoms with Crippen molar-refractivity contribution in [1.82, 2.24) is 0 Å². The van der Waals surface area contributed by atoms with Crippen LogP contribution in [0.1, 0.15) is 163 Å². The number of rotatable bonds is 25. The molecule has 0 N–H and O–H groups in total. The maximum atomic E-state index is 3.15. The minimum atomic E-state index is -1.53. The molecule has 0 aromatic carbocycles. The molecule has 0 saturated heterocycles. The summed E-state index contributed by atoms with van der Waals surface area (Å²) in [5.74, 6) is 0. The van der Waals surface area contributed by atoms with Crippen LogP contribution in [0.15, 0.2) is 0 Å². The third kappa shape index (κ3) is 18.2. The molecule has 0 spiro atoms. The van der Waals surface area contributed by atoms with Crippen LogP contribution >= 0.6 is 26.3 Å². The Balaban J connectivity index is 4.37. The van der Waals surface area contributed by atoms with Crippen LogP contribution in [0, 0.1) is 0 Å². The fourth-order valence-corrected chi connectivity index (χ4v) is 14.8. The fraction of sp³-hybridized carbons (Fsp3) is 1.00. The summed E-state index contributed by atoms with van der Waals surface area (Å²) >= 11 is 3.15. The molecule has 0 radical (unpaired) electrons. The number of halogens is 1. The first-order valence-corrected chi connectivity index (χ1v) is 20.5. The predicted molar refractivity (Wildman–Crippen MR) is 160 cm³/mol. The molecule has 0 bridgehead atoms. The predicted octanol–water partition coefficient (Wildman–Crippen LogP) is 12.2. The van der Waals surface area contributed by atoms with Crippen LogP contribution in [0.5, 0.6) is 0 Å². The average Bonchev–Trinajstić information content (AvgIpc) is 2.75. The summed E-state index contributed by atoms with van der Waals surface area (Å²) in [5, 5.41) is 0. The normalized spacial score (nSPS) is 13.4. The van der Waals surface area contributed by atoms with Gasteiger partial charge in [0.25, 0.3) is 0 Å². The van der Waals surface area contributed by atoms with Gasteiger partial charge in [0.05, 0.1) is 0 Å². The van der Waals surface area contributed by atoms with Crippen LogP contribution in [0.4, 0.5) is 0 Å². The van der Waals surface area contributed by atoms with Crippen LogP contribution in [0.25, 0.3) is 0 Å². The zero-order chi connectivity index (χ0) is 23.1. The first kappa shape index (κ1) is 32.2. The number of hydrogen-bond acceptors (Lipinski definition) is 0. The van der Waals surface area contributed by atoms with Crippen molar-refractivity contribution in [1.29, 1.82) is 0 Å². The Labute approximate surface area is 212 Å². The van der Waals surface area contributed by atoms with E-state index in [-0.39, 0.29) is 0 Å². The quantitative estimate of drug-likeness (QED) is 0.0584. The molecule has 0 saturated carbocycles. The molecular formula is C29H62IP. The van der Waals surface area contributed by atoms with E-state index in [2.05, 4.69) is 49.7 Å². The Kier molecular flexibility index (Phi) is 22.5. The Bertz CT molecular complexity index is 338. The molecule has 190 valence electrons. The van der Waals surface area contributed by atoms with E-state index in [9.17, 15) is 0 Å². The fourth-order valence-electron chi connectivity index (χ4n) is 5.29. The van der Waals surface area contributed by atoms with Gasteiger partial charge < -0.3 is 0 Å². The van der Waals surface area contributed by atoms with Gasteiger partial charge >= 0.3 is 200 Å². The summed E-state index contributed by atoms with van der Waals surface area (Å²) in [6.45, 7) is 9.44. The van der Waals surface area contributed by atoms with Crippen molar-refractivity contribution in [3.63, 3.8) is 0 Å². The molecule has 0 aliphatic carbocycles. The van der Waals surface area contributed by atoms with Gasteiger partial charge in [0.1, 0.15) is 0 Å².